The standard InChI is InChI=1S/C17H23ClN4O5/c1-6-7-20-16(19)21-17(25)22(5)14-9(2)8-12(26-10(3)23)15(13(14)18)27-11(4)24/h8H,6-7H2,1-5H3,(H3,19,20,21,25). The van der Waals surface area contributed by atoms with Crippen molar-refractivity contribution in [1.82, 2.24) is 10.6 Å². The molecule has 1 aromatic carbocycles. The van der Waals surface area contributed by atoms with Crippen molar-refractivity contribution in [2.24, 2.45) is 0 Å². The van der Waals surface area contributed by atoms with Gasteiger partial charge in [-0.2, -0.15) is 0 Å². The topological polar surface area (TPSA) is 121 Å². The summed E-state index contributed by atoms with van der Waals surface area (Å²) in [6.07, 6.45) is 0.794. The summed E-state index contributed by atoms with van der Waals surface area (Å²) >= 11 is 6.35. The number of amides is 2. The van der Waals surface area contributed by atoms with Gasteiger partial charge in [0, 0.05) is 27.4 Å². The van der Waals surface area contributed by atoms with Gasteiger partial charge in [0.2, 0.25) is 0 Å². The number of carbonyl (C=O) groups excluding carboxylic acids is 3. The fraction of sp³-hybridized carbons (Fsp3) is 0.412. The molecule has 9 nitrogen and oxygen atoms in total. The number of esters is 2. The van der Waals surface area contributed by atoms with E-state index in [1.165, 1.54) is 31.9 Å². The van der Waals surface area contributed by atoms with Crippen molar-refractivity contribution in [2.75, 3.05) is 18.5 Å². The molecular formula is C17H23ClN4O5. The number of hydrogen-bond donors (Lipinski definition) is 3. The number of aryl methyl sites for hydroxylation is 1. The Morgan fingerprint density at radius 3 is 2.33 bits per heavy atom. The summed E-state index contributed by atoms with van der Waals surface area (Å²) in [5.41, 5.74) is 0.738. The third-order valence-corrected chi connectivity index (χ3v) is 3.63. The molecule has 1 rings (SSSR count). The Balaban J connectivity index is 3.25. The fourth-order valence-corrected chi connectivity index (χ4v) is 2.59. The van der Waals surface area contributed by atoms with Crippen LogP contribution in [0.2, 0.25) is 5.02 Å². The summed E-state index contributed by atoms with van der Waals surface area (Å²) in [5.74, 6) is -1.64. The summed E-state index contributed by atoms with van der Waals surface area (Å²) < 4.78 is 10.1. The summed E-state index contributed by atoms with van der Waals surface area (Å²) in [6, 6.07) is 0.813. The van der Waals surface area contributed by atoms with Crippen molar-refractivity contribution >= 4 is 41.2 Å². The van der Waals surface area contributed by atoms with Crippen molar-refractivity contribution < 1.29 is 23.9 Å². The lowest BCUT2D eigenvalue weighted by atomic mass is 10.1. The third kappa shape index (κ3) is 6.14. The number of rotatable bonds is 5. The number of anilines is 1. The molecule has 2 amide bonds. The fourth-order valence-electron chi connectivity index (χ4n) is 2.19. The Morgan fingerprint density at radius 2 is 1.81 bits per heavy atom. The third-order valence-electron chi connectivity index (χ3n) is 3.28. The molecule has 0 aromatic heterocycles. The van der Waals surface area contributed by atoms with Gasteiger partial charge in [0.05, 0.1) is 5.69 Å². The maximum atomic E-state index is 12.4. The molecule has 0 fully saturated rings. The van der Waals surface area contributed by atoms with Crippen LogP contribution in [0.5, 0.6) is 11.5 Å². The lowest BCUT2D eigenvalue weighted by Crippen LogP contribution is -2.46. The Kier molecular flexibility index (Phi) is 8.04. The number of halogens is 1. The molecule has 0 aliphatic heterocycles. The van der Waals surface area contributed by atoms with E-state index in [0.29, 0.717) is 12.1 Å². The summed E-state index contributed by atoms with van der Waals surface area (Å²) in [6.45, 7) is 6.48. The van der Waals surface area contributed by atoms with Gasteiger partial charge in [0.15, 0.2) is 17.5 Å². The number of nitrogens with zero attached hydrogens (tertiary/aromatic N) is 1. The average molecular weight is 399 g/mol. The first kappa shape index (κ1) is 22.2. The van der Waals surface area contributed by atoms with Crippen molar-refractivity contribution in [1.29, 1.82) is 5.41 Å². The number of benzene rings is 1. The SMILES string of the molecule is CCCNC(=N)NC(=O)N(C)c1c(C)cc(OC(C)=O)c(OC(C)=O)c1Cl. The minimum atomic E-state index is -0.669. The molecule has 0 spiro atoms. The van der Waals surface area contributed by atoms with Crippen LogP contribution < -0.4 is 25.0 Å². The highest BCUT2D eigenvalue weighted by molar-refractivity contribution is 6.36. The van der Waals surface area contributed by atoms with Crippen LogP contribution in [0.15, 0.2) is 6.07 Å². The molecule has 0 aliphatic carbocycles. The zero-order valence-corrected chi connectivity index (χ0v) is 16.6. The van der Waals surface area contributed by atoms with E-state index in [0.717, 1.165) is 6.42 Å². The molecule has 0 saturated heterocycles. The molecule has 0 bridgehead atoms. The maximum Gasteiger partial charge on any atom is 0.328 e. The largest absolute Gasteiger partial charge is 0.423 e. The second kappa shape index (κ2) is 9.77. The second-order valence-corrected chi connectivity index (χ2v) is 6.04. The molecule has 0 unspecified atom stereocenters. The Labute approximate surface area is 162 Å². The lowest BCUT2D eigenvalue weighted by Gasteiger charge is -2.24. The van der Waals surface area contributed by atoms with Gasteiger partial charge < -0.3 is 14.8 Å². The molecule has 0 saturated carbocycles. The van der Waals surface area contributed by atoms with Gasteiger partial charge in [-0.25, -0.2) is 4.79 Å². The lowest BCUT2D eigenvalue weighted by molar-refractivity contribution is -0.134. The first-order valence-corrected chi connectivity index (χ1v) is 8.53. The van der Waals surface area contributed by atoms with E-state index in [1.54, 1.807) is 6.92 Å². The molecule has 0 radical (unpaired) electrons. The van der Waals surface area contributed by atoms with E-state index in [9.17, 15) is 14.4 Å². The first-order chi connectivity index (χ1) is 12.6. The average Bonchev–Trinajstić information content (AvgIpc) is 2.55. The van der Waals surface area contributed by atoms with E-state index >= 15 is 0 Å². The van der Waals surface area contributed by atoms with Crippen LogP contribution in [0.3, 0.4) is 0 Å². The van der Waals surface area contributed by atoms with E-state index < -0.39 is 18.0 Å². The molecule has 0 heterocycles. The van der Waals surface area contributed by atoms with Crippen molar-refractivity contribution in [3.05, 3.63) is 16.7 Å². The van der Waals surface area contributed by atoms with Crippen LogP contribution >= 0.6 is 11.6 Å². The van der Waals surface area contributed by atoms with Crippen LogP contribution in [0.1, 0.15) is 32.8 Å². The van der Waals surface area contributed by atoms with Crippen LogP contribution in [0, 0.1) is 12.3 Å². The molecular weight excluding hydrogens is 376 g/mol. The van der Waals surface area contributed by atoms with Gasteiger partial charge in [-0.05, 0) is 25.0 Å². The summed E-state index contributed by atoms with van der Waals surface area (Å²) in [7, 11) is 1.44. The number of guanidine groups is 1. The minimum absolute atomic E-state index is 0.0323. The molecule has 3 N–H and O–H groups in total. The van der Waals surface area contributed by atoms with Crippen molar-refractivity contribution in [3.63, 3.8) is 0 Å². The normalized spacial score (nSPS) is 10.0. The number of urea groups is 1. The van der Waals surface area contributed by atoms with Crippen molar-refractivity contribution in [3.8, 4) is 11.5 Å². The Bertz CT molecular complexity index is 766. The highest BCUT2D eigenvalue weighted by Crippen LogP contribution is 2.44. The molecule has 1 aromatic rings. The molecule has 148 valence electrons. The zero-order chi connectivity index (χ0) is 20.7. The van der Waals surface area contributed by atoms with E-state index in [2.05, 4.69) is 10.6 Å². The monoisotopic (exact) mass is 398 g/mol. The second-order valence-electron chi connectivity index (χ2n) is 5.66. The number of hydrogen-bond acceptors (Lipinski definition) is 6. The van der Waals surface area contributed by atoms with Gasteiger partial charge in [-0.15, -0.1) is 0 Å². The quantitative estimate of drug-likeness (QED) is 0.303. The van der Waals surface area contributed by atoms with Gasteiger partial charge in [0.25, 0.3) is 0 Å². The van der Waals surface area contributed by atoms with Crippen LogP contribution in [0.4, 0.5) is 10.5 Å². The van der Waals surface area contributed by atoms with E-state index in [-0.39, 0.29) is 28.2 Å². The van der Waals surface area contributed by atoms with Gasteiger partial charge >= 0.3 is 18.0 Å². The molecule has 0 aliphatic rings. The van der Waals surface area contributed by atoms with Gasteiger partial charge in [-0.3, -0.25) is 25.2 Å². The molecule has 10 heteroatoms. The van der Waals surface area contributed by atoms with E-state index in [1.807, 2.05) is 6.92 Å². The zero-order valence-electron chi connectivity index (χ0n) is 15.9. The predicted octanol–water partition coefficient (Wildman–Crippen LogP) is 2.58. The number of nitrogens with one attached hydrogen (secondary N) is 3. The highest BCUT2D eigenvalue weighted by Gasteiger charge is 2.25. The summed E-state index contributed by atoms with van der Waals surface area (Å²) in [4.78, 5) is 36.3. The van der Waals surface area contributed by atoms with Crippen molar-refractivity contribution in [2.45, 2.75) is 34.1 Å². The van der Waals surface area contributed by atoms with Crippen LogP contribution in [-0.4, -0.2) is 37.5 Å². The minimum Gasteiger partial charge on any atom is -0.423 e. The van der Waals surface area contributed by atoms with Gasteiger partial charge in [-0.1, -0.05) is 18.5 Å². The van der Waals surface area contributed by atoms with Crippen LogP contribution in [0.25, 0.3) is 0 Å². The molecule has 27 heavy (non-hydrogen) atoms. The maximum absolute atomic E-state index is 12.4. The number of carbonyl (C=O) groups is 3. The van der Waals surface area contributed by atoms with Gasteiger partial charge in [0.1, 0.15) is 5.02 Å². The number of ether oxygens (including phenoxy) is 2. The molecule has 0 atom stereocenters. The van der Waals surface area contributed by atoms with E-state index in [4.69, 9.17) is 26.5 Å². The smallest absolute Gasteiger partial charge is 0.328 e. The Hall–Kier alpha value is -2.81. The predicted molar refractivity (Wildman–Crippen MR) is 102 cm³/mol. The highest BCUT2D eigenvalue weighted by atomic mass is 35.5. The first-order valence-electron chi connectivity index (χ1n) is 8.15. The summed E-state index contributed by atoms with van der Waals surface area (Å²) in [5, 5.41) is 12.7. The Morgan fingerprint density at radius 1 is 1.22 bits per heavy atom. The van der Waals surface area contributed by atoms with Crippen LogP contribution in [-0.2, 0) is 9.59 Å².